The lowest BCUT2D eigenvalue weighted by Gasteiger charge is -2.32. The predicted octanol–water partition coefficient (Wildman–Crippen LogP) is 1.08. The molecule has 116 valence electrons. The minimum Gasteiger partial charge on any atom is -0.372 e. The highest BCUT2D eigenvalue weighted by molar-refractivity contribution is 5.77. The first kappa shape index (κ1) is 15.7. The van der Waals surface area contributed by atoms with Crippen molar-refractivity contribution in [3.63, 3.8) is 0 Å². The Bertz CT molecular complexity index is 314. The summed E-state index contributed by atoms with van der Waals surface area (Å²) >= 11 is 0. The normalized spacial score (nSPS) is 25.2. The predicted molar refractivity (Wildman–Crippen MR) is 77.6 cm³/mol. The Hall–Kier alpha value is -0.650. The van der Waals surface area contributed by atoms with E-state index in [0.29, 0.717) is 12.5 Å². The first-order chi connectivity index (χ1) is 9.60. The topological polar surface area (TPSA) is 59.6 Å². The minimum absolute atomic E-state index is 0.00400. The average molecular weight is 284 g/mol. The lowest BCUT2D eigenvalue weighted by atomic mass is 9.89. The first-order valence-corrected chi connectivity index (χ1v) is 7.83. The molecule has 0 saturated carbocycles. The van der Waals surface area contributed by atoms with Gasteiger partial charge in [0.05, 0.1) is 18.3 Å². The van der Waals surface area contributed by atoms with Gasteiger partial charge in [0.15, 0.2) is 0 Å². The summed E-state index contributed by atoms with van der Waals surface area (Å²) in [5.74, 6) is 0.594. The van der Waals surface area contributed by atoms with Crippen molar-refractivity contribution in [2.75, 3.05) is 32.8 Å². The molecule has 2 fully saturated rings. The molecule has 5 nitrogen and oxygen atoms in total. The Morgan fingerprint density at radius 3 is 2.90 bits per heavy atom. The van der Waals surface area contributed by atoms with Gasteiger partial charge in [-0.2, -0.15) is 0 Å². The lowest BCUT2D eigenvalue weighted by Crippen LogP contribution is -2.41. The molecule has 0 bridgehead atoms. The van der Waals surface area contributed by atoms with Crippen molar-refractivity contribution in [3.8, 4) is 0 Å². The molecule has 5 heteroatoms. The summed E-state index contributed by atoms with van der Waals surface area (Å²) in [6.07, 6.45) is 4.10. The molecule has 0 aromatic carbocycles. The van der Waals surface area contributed by atoms with E-state index in [1.807, 2.05) is 0 Å². The Labute approximate surface area is 121 Å². The van der Waals surface area contributed by atoms with Gasteiger partial charge in [-0.05, 0) is 38.3 Å². The number of rotatable bonds is 6. The van der Waals surface area contributed by atoms with Crippen LogP contribution in [0.4, 0.5) is 0 Å². The van der Waals surface area contributed by atoms with Gasteiger partial charge >= 0.3 is 0 Å². The maximum atomic E-state index is 11.7. The Morgan fingerprint density at radius 1 is 1.45 bits per heavy atom. The van der Waals surface area contributed by atoms with Crippen molar-refractivity contribution in [1.29, 1.82) is 0 Å². The third-order valence-corrected chi connectivity index (χ3v) is 4.18. The van der Waals surface area contributed by atoms with E-state index >= 15 is 0 Å². The second-order valence-corrected chi connectivity index (χ2v) is 6.41. The van der Waals surface area contributed by atoms with Crippen molar-refractivity contribution < 1.29 is 14.3 Å². The van der Waals surface area contributed by atoms with Gasteiger partial charge in [-0.3, -0.25) is 4.79 Å². The molecule has 2 aliphatic heterocycles. The fraction of sp³-hybridized carbons (Fsp3) is 0.933. The number of amides is 1. The van der Waals surface area contributed by atoms with E-state index in [-0.39, 0.29) is 24.2 Å². The molecule has 0 aliphatic carbocycles. The summed E-state index contributed by atoms with van der Waals surface area (Å²) in [4.78, 5) is 11.7. The molecule has 2 saturated heterocycles. The Kier molecular flexibility index (Phi) is 5.81. The molecule has 0 aromatic heterocycles. The summed E-state index contributed by atoms with van der Waals surface area (Å²) in [6, 6.07) is 0. The van der Waals surface area contributed by atoms with E-state index < -0.39 is 0 Å². The average Bonchev–Trinajstić information content (AvgIpc) is 2.80. The van der Waals surface area contributed by atoms with E-state index in [4.69, 9.17) is 9.47 Å². The fourth-order valence-electron chi connectivity index (χ4n) is 2.89. The van der Waals surface area contributed by atoms with E-state index in [1.54, 1.807) is 0 Å². The molecule has 0 radical (unpaired) electrons. The van der Waals surface area contributed by atoms with Crippen molar-refractivity contribution >= 4 is 5.91 Å². The molecule has 2 aliphatic rings. The van der Waals surface area contributed by atoms with Gasteiger partial charge in [0.2, 0.25) is 5.91 Å². The van der Waals surface area contributed by atoms with Crippen LogP contribution in [0.2, 0.25) is 0 Å². The summed E-state index contributed by atoms with van der Waals surface area (Å²) in [5, 5.41) is 6.24. The number of piperidine rings is 1. The zero-order valence-electron chi connectivity index (χ0n) is 12.7. The van der Waals surface area contributed by atoms with Crippen molar-refractivity contribution in [2.45, 2.75) is 51.2 Å². The highest BCUT2D eigenvalue weighted by atomic mass is 16.6. The van der Waals surface area contributed by atoms with Crippen LogP contribution in [-0.2, 0) is 14.3 Å². The van der Waals surface area contributed by atoms with Crippen LogP contribution in [0.25, 0.3) is 0 Å². The SMILES string of the molecule is CC(C)CCNC(=O)COC1COC2(CCNCC2)C1. The van der Waals surface area contributed by atoms with Gasteiger partial charge in [-0.1, -0.05) is 13.8 Å². The maximum absolute atomic E-state index is 11.7. The third kappa shape index (κ3) is 4.72. The van der Waals surface area contributed by atoms with Crippen LogP contribution in [0, 0.1) is 5.92 Å². The van der Waals surface area contributed by atoms with Crippen LogP contribution in [-0.4, -0.2) is 50.5 Å². The highest BCUT2D eigenvalue weighted by Crippen LogP contribution is 2.34. The van der Waals surface area contributed by atoms with Gasteiger partial charge < -0.3 is 20.1 Å². The zero-order chi connectivity index (χ0) is 14.4. The third-order valence-electron chi connectivity index (χ3n) is 4.18. The van der Waals surface area contributed by atoms with Crippen LogP contribution < -0.4 is 10.6 Å². The number of hydrogen-bond acceptors (Lipinski definition) is 4. The van der Waals surface area contributed by atoms with Gasteiger partial charge in [0, 0.05) is 13.0 Å². The van der Waals surface area contributed by atoms with Crippen molar-refractivity contribution in [2.24, 2.45) is 5.92 Å². The molecule has 2 heterocycles. The molecule has 1 spiro atoms. The fourth-order valence-corrected chi connectivity index (χ4v) is 2.89. The monoisotopic (exact) mass is 284 g/mol. The van der Waals surface area contributed by atoms with Crippen LogP contribution in [0.3, 0.4) is 0 Å². The Morgan fingerprint density at radius 2 is 2.20 bits per heavy atom. The minimum atomic E-state index is -0.0167. The number of carbonyl (C=O) groups is 1. The van der Waals surface area contributed by atoms with Gasteiger partial charge in [0.1, 0.15) is 6.61 Å². The van der Waals surface area contributed by atoms with Crippen LogP contribution in [0.15, 0.2) is 0 Å². The molecular formula is C15H28N2O3. The van der Waals surface area contributed by atoms with Gasteiger partial charge in [0.25, 0.3) is 0 Å². The first-order valence-electron chi connectivity index (χ1n) is 7.83. The number of carbonyl (C=O) groups excluding carboxylic acids is 1. The van der Waals surface area contributed by atoms with Gasteiger partial charge in [-0.15, -0.1) is 0 Å². The van der Waals surface area contributed by atoms with Crippen LogP contribution in [0.5, 0.6) is 0 Å². The molecule has 1 atom stereocenters. The Balaban J connectivity index is 1.61. The molecular weight excluding hydrogens is 256 g/mol. The van der Waals surface area contributed by atoms with E-state index in [9.17, 15) is 4.79 Å². The lowest BCUT2D eigenvalue weighted by molar-refractivity contribution is -0.127. The second kappa shape index (κ2) is 7.38. The largest absolute Gasteiger partial charge is 0.372 e. The summed E-state index contributed by atoms with van der Waals surface area (Å²) < 4.78 is 11.6. The quantitative estimate of drug-likeness (QED) is 0.766. The van der Waals surface area contributed by atoms with Crippen LogP contribution >= 0.6 is 0 Å². The summed E-state index contributed by atoms with van der Waals surface area (Å²) in [5.41, 5.74) is 0.00400. The van der Waals surface area contributed by atoms with Crippen molar-refractivity contribution in [3.05, 3.63) is 0 Å². The molecule has 2 N–H and O–H groups in total. The molecule has 2 rings (SSSR count). The van der Waals surface area contributed by atoms with Crippen LogP contribution in [0.1, 0.15) is 39.5 Å². The molecule has 20 heavy (non-hydrogen) atoms. The van der Waals surface area contributed by atoms with E-state index in [0.717, 1.165) is 45.3 Å². The van der Waals surface area contributed by atoms with E-state index in [2.05, 4.69) is 24.5 Å². The number of nitrogens with one attached hydrogen (secondary N) is 2. The van der Waals surface area contributed by atoms with Gasteiger partial charge in [-0.25, -0.2) is 0 Å². The highest BCUT2D eigenvalue weighted by Gasteiger charge is 2.41. The van der Waals surface area contributed by atoms with Crippen molar-refractivity contribution in [1.82, 2.24) is 10.6 Å². The maximum Gasteiger partial charge on any atom is 0.246 e. The molecule has 1 amide bonds. The smallest absolute Gasteiger partial charge is 0.246 e. The van der Waals surface area contributed by atoms with E-state index in [1.165, 1.54) is 0 Å². The number of ether oxygens (including phenoxy) is 2. The molecule has 0 aromatic rings. The second-order valence-electron chi connectivity index (χ2n) is 6.41. The standard InChI is InChI=1S/C15H28N2O3/c1-12(2)3-6-17-14(18)11-19-13-9-15(20-10-13)4-7-16-8-5-15/h12-13,16H,3-11H2,1-2H3,(H,17,18). The zero-order valence-corrected chi connectivity index (χ0v) is 12.7. The summed E-state index contributed by atoms with van der Waals surface area (Å²) in [7, 11) is 0. The summed E-state index contributed by atoms with van der Waals surface area (Å²) in [6.45, 7) is 7.84. The molecule has 1 unspecified atom stereocenters. The number of hydrogen-bond donors (Lipinski definition) is 2.